The Morgan fingerprint density at radius 3 is 2.00 bits per heavy atom. The Balaban J connectivity index is 2.67. The molecule has 2 rings (SSSR count). The number of carbonyl (C=O) groups is 1. The van der Waals surface area contributed by atoms with Gasteiger partial charge >= 0.3 is 5.97 Å². The van der Waals surface area contributed by atoms with Crippen molar-refractivity contribution in [1.29, 1.82) is 0 Å². The number of carboxylic acid groups (broad SMARTS) is 1. The van der Waals surface area contributed by atoms with E-state index in [0.717, 1.165) is 16.7 Å². The smallest absolute Gasteiger partial charge is 0.335 e. The van der Waals surface area contributed by atoms with E-state index in [1.54, 1.807) is 44.6 Å². The maximum Gasteiger partial charge on any atom is 0.335 e. The fourth-order valence-electron chi connectivity index (χ4n) is 2.30. The van der Waals surface area contributed by atoms with Crippen molar-refractivity contribution in [1.82, 2.24) is 0 Å². The fraction of sp³-hybridized carbons (Fsp3) is 0.235. The van der Waals surface area contributed by atoms with E-state index in [9.17, 15) is 4.79 Å². The number of methoxy groups -OCH3 is 3. The Hall–Kier alpha value is -2.69. The van der Waals surface area contributed by atoms with Crippen molar-refractivity contribution < 1.29 is 24.1 Å². The van der Waals surface area contributed by atoms with Crippen LogP contribution in [0, 0.1) is 6.92 Å². The Morgan fingerprint density at radius 2 is 1.55 bits per heavy atom. The normalized spacial score (nSPS) is 10.2. The van der Waals surface area contributed by atoms with Crippen LogP contribution in [0.1, 0.15) is 15.9 Å². The largest absolute Gasteiger partial charge is 0.493 e. The average Bonchev–Trinajstić information content (AvgIpc) is 2.53. The summed E-state index contributed by atoms with van der Waals surface area (Å²) >= 11 is 0. The number of carboxylic acids is 1. The summed E-state index contributed by atoms with van der Waals surface area (Å²) in [5.74, 6) is 0.587. The van der Waals surface area contributed by atoms with Crippen molar-refractivity contribution in [2.45, 2.75) is 6.92 Å². The minimum atomic E-state index is -0.964. The molecule has 0 saturated carbocycles. The van der Waals surface area contributed by atoms with Crippen molar-refractivity contribution in [2.75, 3.05) is 21.3 Å². The van der Waals surface area contributed by atoms with Crippen molar-refractivity contribution in [2.24, 2.45) is 0 Å². The zero-order valence-electron chi connectivity index (χ0n) is 13.0. The molecule has 116 valence electrons. The van der Waals surface area contributed by atoms with Crippen molar-refractivity contribution in [3.05, 3.63) is 41.5 Å². The van der Waals surface area contributed by atoms with E-state index >= 15 is 0 Å². The molecule has 0 aliphatic rings. The second-order valence-electron chi connectivity index (χ2n) is 4.75. The van der Waals surface area contributed by atoms with Crippen molar-refractivity contribution in [3.63, 3.8) is 0 Å². The summed E-state index contributed by atoms with van der Waals surface area (Å²) in [6.07, 6.45) is 0. The molecule has 5 nitrogen and oxygen atoms in total. The summed E-state index contributed by atoms with van der Waals surface area (Å²) < 4.78 is 16.0. The van der Waals surface area contributed by atoms with Crippen molar-refractivity contribution >= 4 is 5.97 Å². The SMILES string of the molecule is COc1cc(-c2cc(C(=O)O)ccc2C)cc(OC)c1OC. The molecule has 0 spiro atoms. The van der Waals surface area contributed by atoms with Gasteiger partial charge in [0.15, 0.2) is 11.5 Å². The summed E-state index contributed by atoms with van der Waals surface area (Å²) in [5, 5.41) is 9.16. The molecule has 0 aromatic heterocycles. The molecule has 0 fully saturated rings. The minimum Gasteiger partial charge on any atom is -0.493 e. The van der Waals surface area contributed by atoms with E-state index in [4.69, 9.17) is 19.3 Å². The Morgan fingerprint density at radius 1 is 0.955 bits per heavy atom. The maximum absolute atomic E-state index is 11.2. The number of aryl methyl sites for hydroxylation is 1. The first-order valence-corrected chi connectivity index (χ1v) is 6.66. The highest BCUT2D eigenvalue weighted by Crippen LogP contribution is 2.41. The van der Waals surface area contributed by atoms with Crippen LogP contribution < -0.4 is 14.2 Å². The van der Waals surface area contributed by atoms with E-state index in [-0.39, 0.29) is 5.56 Å². The molecule has 5 heteroatoms. The van der Waals surface area contributed by atoms with Crippen LogP contribution in [-0.2, 0) is 0 Å². The summed E-state index contributed by atoms with van der Waals surface area (Å²) in [7, 11) is 4.62. The molecule has 1 N–H and O–H groups in total. The standard InChI is InChI=1S/C17H18O5/c1-10-5-6-11(17(18)19)7-13(10)12-8-14(20-2)16(22-4)15(9-12)21-3/h5-9H,1-4H3,(H,18,19). The highest BCUT2D eigenvalue weighted by molar-refractivity contribution is 5.90. The summed E-state index contributed by atoms with van der Waals surface area (Å²) in [4.78, 5) is 11.2. The van der Waals surface area contributed by atoms with Crippen LogP contribution in [0.2, 0.25) is 0 Å². The van der Waals surface area contributed by atoms with Gasteiger partial charge in [0, 0.05) is 0 Å². The van der Waals surface area contributed by atoms with Crippen LogP contribution in [0.15, 0.2) is 30.3 Å². The lowest BCUT2D eigenvalue weighted by atomic mass is 9.97. The number of hydrogen-bond donors (Lipinski definition) is 1. The highest BCUT2D eigenvalue weighted by atomic mass is 16.5. The second-order valence-corrected chi connectivity index (χ2v) is 4.75. The van der Waals surface area contributed by atoms with E-state index in [1.807, 2.05) is 6.92 Å². The first kappa shape index (κ1) is 15.7. The van der Waals surface area contributed by atoms with Crippen LogP contribution in [0.25, 0.3) is 11.1 Å². The lowest BCUT2D eigenvalue weighted by Gasteiger charge is -2.15. The average molecular weight is 302 g/mol. The number of aromatic carboxylic acids is 1. The van der Waals surface area contributed by atoms with Gasteiger partial charge < -0.3 is 19.3 Å². The van der Waals surface area contributed by atoms with Gasteiger partial charge in [-0.2, -0.15) is 0 Å². The van der Waals surface area contributed by atoms with Crippen LogP contribution >= 0.6 is 0 Å². The third kappa shape index (κ3) is 2.83. The third-order valence-corrected chi connectivity index (χ3v) is 3.46. The molecule has 0 bridgehead atoms. The molecule has 0 unspecified atom stereocenters. The van der Waals surface area contributed by atoms with Gasteiger partial charge in [0.1, 0.15) is 0 Å². The Bertz CT molecular complexity index is 681. The molecule has 0 amide bonds. The highest BCUT2D eigenvalue weighted by Gasteiger charge is 2.16. The fourth-order valence-corrected chi connectivity index (χ4v) is 2.30. The zero-order valence-corrected chi connectivity index (χ0v) is 13.0. The monoisotopic (exact) mass is 302 g/mol. The van der Waals surface area contributed by atoms with Gasteiger partial charge in [-0.3, -0.25) is 0 Å². The lowest BCUT2D eigenvalue weighted by molar-refractivity contribution is 0.0697. The van der Waals surface area contributed by atoms with Gasteiger partial charge in [-0.25, -0.2) is 4.79 Å². The molecule has 0 aliphatic carbocycles. The van der Waals surface area contributed by atoms with E-state index in [1.165, 1.54) is 7.11 Å². The van der Waals surface area contributed by atoms with Crippen LogP contribution in [-0.4, -0.2) is 32.4 Å². The maximum atomic E-state index is 11.2. The molecule has 2 aromatic carbocycles. The van der Waals surface area contributed by atoms with Crippen LogP contribution in [0.5, 0.6) is 17.2 Å². The van der Waals surface area contributed by atoms with E-state index in [2.05, 4.69) is 0 Å². The third-order valence-electron chi connectivity index (χ3n) is 3.46. The van der Waals surface area contributed by atoms with Gasteiger partial charge in [0.2, 0.25) is 5.75 Å². The summed E-state index contributed by atoms with van der Waals surface area (Å²) in [6.45, 7) is 1.92. The molecular weight excluding hydrogens is 284 g/mol. The van der Waals surface area contributed by atoms with Gasteiger partial charge in [0.25, 0.3) is 0 Å². The number of ether oxygens (including phenoxy) is 3. The van der Waals surface area contributed by atoms with Crippen LogP contribution in [0.4, 0.5) is 0 Å². The van der Waals surface area contributed by atoms with Crippen molar-refractivity contribution in [3.8, 4) is 28.4 Å². The predicted molar refractivity (Wildman–Crippen MR) is 83.2 cm³/mol. The molecule has 22 heavy (non-hydrogen) atoms. The number of rotatable bonds is 5. The quantitative estimate of drug-likeness (QED) is 0.917. The molecule has 0 aliphatic heterocycles. The molecule has 0 heterocycles. The summed E-state index contributed by atoms with van der Waals surface area (Å²) in [5.41, 5.74) is 2.79. The van der Waals surface area contributed by atoms with Gasteiger partial charge in [-0.05, 0) is 47.9 Å². The lowest BCUT2D eigenvalue weighted by Crippen LogP contribution is -1.99. The van der Waals surface area contributed by atoms with Gasteiger partial charge in [0.05, 0.1) is 26.9 Å². The Labute approximate surface area is 129 Å². The summed E-state index contributed by atoms with van der Waals surface area (Å²) in [6, 6.07) is 8.60. The molecule has 0 radical (unpaired) electrons. The Kier molecular flexibility index (Phi) is 4.56. The predicted octanol–water partition coefficient (Wildman–Crippen LogP) is 3.39. The number of benzene rings is 2. The first-order valence-electron chi connectivity index (χ1n) is 6.66. The second kappa shape index (κ2) is 6.39. The minimum absolute atomic E-state index is 0.231. The molecule has 0 atom stereocenters. The number of hydrogen-bond acceptors (Lipinski definition) is 4. The molecule has 0 saturated heterocycles. The van der Waals surface area contributed by atoms with E-state index < -0.39 is 5.97 Å². The van der Waals surface area contributed by atoms with E-state index in [0.29, 0.717) is 17.2 Å². The first-order chi connectivity index (χ1) is 10.5. The molecule has 2 aromatic rings. The van der Waals surface area contributed by atoms with Crippen LogP contribution in [0.3, 0.4) is 0 Å². The van der Waals surface area contributed by atoms with Gasteiger partial charge in [-0.1, -0.05) is 6.07 Å². The molecular formula is C17H18O5. The topological polar surface area (TPSA) is 65.0 Å². The zero-order chi connectivity index (χ0) is 16.3. The van der Waals surface area contributed by atoms with Gasteiger partial charge in [-0.15, -0.1) is 0 Å².